The van der Waals surface area contributed by atoms with Crippen molar-refractivity contribution < 1.29 is 9.90 Å². The van der Waals surface area contributed by atoms with Crippen molar-refractivity contribution in [2.24, 2.45) is 0 Å². The Kier molecular flexibility index (Phi) is 4.31. The molecule has 0 aliphatic carbocycles. The first-order valence-corrected chi connectivity index (χ1v) is 7.00. The molecule has 1 aromatic heterocycles. The topological polar surface area (TPSA) is 56.7 Å². The highest BCUT2D eigenvalue weighted by atomic mass is 32.1. The number of carbonyl (C=O) groups excluding carboxylic acids is 1. The molecule has 1 aliphatic rings. The largest absolute Gasteiger partial charge is 0.395 e. The van der Waals surface area contributed by atoms with Crippen molar-refractivity contribution in [1.29, 1.82) is 0 Å². The summed E-state index contributed by atoms with van der Waals surface area (Å²) in [4.78, 5) is 21.5. The zero-order valence-corrected chi connectivity index (χ0v) is 11.7. The zero-order valence-electron chi connectivity index (χ0n) is 10.8. The van der Waals surface area contributed by atoms with Gasteiger partial charge in [-0.1, -0.05) is 0 Å². The second kappa shape index (κ2) is 5.77. The number of hydrogen-bond donors (Lipinski definition) is 1. The van der Waals surface area contributed by atoms with Crippen LogP contribution in [0.25, 0.3) is 0 Å². The van der Waals surface area contributed by atoms with Crippen LogP contribution in [-0.4, -0.2) is 65.1 Å². The van der Waals surface area contributed by atoms with E-state index in [9.17, 15) is 4.79 Å². The number of aliphatic hydroxyl groups is 1. The van der Waals surface area contributed by atoms with Crippen molar-refractivity contribution in [2.75, 3.05) is 39.3 Å². The fraction of sp³-hybridized carbons (Fsp3) is 0.667. The monoisotopic (exact) mass is 269 g/mol. The summed E-state index contributed by atoms with van der Waals surface area (Å²) in [6.45, 7) is 7.82. The third kappa shape index (κ3) is 2.88. The highest BCUT2D eigenvalue weighted by Crippen LogP contribution is 2.19. The van der Waals surface area contributed by atoms with E-state index in [1.54, 1.807) is 0 Å². The number of rotatable bonds is 3. The average molecular weight is 269 g/mol. The molecule has 18 heavy (non-hydrogen) atoms. The predicted molar refractivity (Wildman–Crippen MR) is 71.0 cm³/mol. The molecular weight excluding hydrogens is 250 g/mol. The number of piperazine rings is 1. The Morgan fingerprint density at radius 3 is 2.50 bits per heavy atom. The molecule has 1 aliphatic heterocycles. The average Bonchev–Trinajstić information content (AvgIpc) is 2.69. The van der Waals surface area contributed by atoms with E-state index in [0.29, 0.717) is 6.54 Å². The highest BCUT2D eigenvalue weighted by molar-refractivity contribution is 7.13. The number of carbonyl (C=O) groups is 1. The van der Waals surface area contributed by atoms with Gasteiger partial charge in [-0.2, -0.15) is 0 Å². The van der Waals surface area contributed by atoms with Gasteiger partial charge in [-0.3, -0.25) is 9.69 Å². The van der Waals surface area contributed by atoms with Gasteiger partial charge in [-0.15, -0.1) is 11.3 Å². The Hall–Kier alpha value is -0.980. The van der Waals surface area contributed by atoms with E-state index in [1.165, 1.54) is 11.3 Å². The molecule has 2 heterocycles. The molecule has 0 bridgehead atoms. The Morgan fingerprint density at radius 2 is 2.00 bits per heavy atom. The molecule has 0 saturated carbocycles. The number of β-amino-alcohol motifs (C(OH)–C–C–N with tert-alkyl or cyclic N) is 1. The van der Waals surface area contributed by atoms with Gasteiger partial charge in [0.1, 0.15) is 4.88 Å². The summed E-state index contributed by atoms with van der Waals surface area (Å²) in [6, 6.07) is 0. The van der Waals surface area contributed by atoms with E-state index in [2.05, 4.69) is 9.88 Å². The van der Waals surface area contributed by atoms with Crippen molar-refractivity contribution >= 4 is 17.2 Å². The van der Waals surface area contributed by atoms with Crippen LogP contribution < -0.4 is 0 Å². The minimum Gasteiger partial charge on any atom is -0.395 e. The molecule has 1 fully saturated rings. The first-order valence-electron chi connectivity index (χ1n) is 6.18. The third-order valence-corrected chi connectivity index (χ3v) is 4.23. The molecule has 0 aromatic carbocycles. The van der Waals surface area contributed by atoms with E-state index >= 15 is 0 Å². The number of aliphatic hydroxyl groups excluding tert-OH is 1. The number of aryl methyl sites for hydroxylation is 2. The molecule has 0 spiro atoms. The van der Waals surface area contributed by atoms with Crippen molar-refractivity contribution in [3.63, 3.8) is 0 Å². The summed E-state index contributed by atoms with van der Waals surface area (Å²) in [5.74, 6) is 0.0988. The second-order valence-electron chi connectivity index (χ2n) is 4.50. The number of amides is 1. The number of thiazole rings is 1. The van der Waals surface area contributed by atoms with Crippen LogP contribution in [0.2, 0.25) is 0 Å². The maximum Gasteiger partial charge on any atom is 0.265 e. The van der Waals surface area contributed by atoms with Crippen LogP contribution in [0.4, 0.5) is 0 Å². The summed E-state index contributed by atoms with van der Waals surface area (Å²) in [5.41, 5.74) is 0.834. The van der Waals surface area contributed by atoms with Gasteiger partial charge in [0.15, 0.2) is 0 Å². The molecule has 0 atom stereocenters. The van der Waals surface area contributed by atoms with Gasteiger partial charge < -0.3 is 10.0 Å². The lowest BCUT2D eigenvalue weighted by Crippen LogP contribution is -2.49. The smallest absolute Gasteiger partial charge is 0.265 e. The predicted octanol–water partition coefficient (Wildman–Crippen LogP) is 0.510. The lowest BCUT2D eigenvalue weighted by atomic mass is 10.2. The summed E-state index contributed by atoms with van der Waals surface area (Å²) in [6.07, 6.45) is 0. The molecule has 1 saturated heterocycles. The van der Waals surface area contributed by atoms with Gasteiger partial charge in [0.25, 0.3) is 5.91 Å². The van der Waals surface area contributed by atoms with Crippen molar-refractivity contribution in [2.45, 2.75) is 13.8 Å². The summed E-state index contributed by atoms with van der Waals surface area (Å²) in [7, 11) is 0. The maximum atomic E-state index is 12.3. The van der Waals surface area contributed by atoms with Crippen molar-refractivity contribution in [3.05, 3.63) is 15.6 Å². The fourth-order valence-electron chi connectivity index (χ4n) is 2.19. The lowest BCUT2D eigenvalue weighted by Gasteiger charge is -2.34. The van der Waals surface area contributed by atoms with Crippen LogP contribution in [0.1, 0.15) is 20.4 Å². The fourth-order valence-corrected chi connectivity index (χ4v) is 3.08. The van der Waals surface area contributed by atoms with Gasteiger partial charge >= 0.3 is 0 Å². The van der Waals surface area contributed by atoms with E-state index in [-0.39, 0.29) is 12.5 Å². The summed E-state index contributed by atoms with van der Waals surface area (Å²) < 4.78 is 0. The summed E-state index contributed by atoms with van der Waals surface area (Å²) >= 11 is 1.47. The lowest BCUT2D eigenvalue weighted by molar-refractivity contribution is 0.0618. The molecule has 0 unspecified atom stereocenters. The number of aromatic nitrogens is 1. The maximum absolute atomic E-state index is 12.3. The van der Waals surface area contributed by atoms with E-state index in [1.807, 2.05) is 18.7 Å². The molecule has 6 heteroatoms. The van der Waals surface area contributed by atoms with Crippen LogP contribution in [0.15, 0.2) is 0 Å². The standard InChI is InChI=1S/C12H19N3O2S/c1-9-11(18-10(2)13-9)12(17)15-5-3-14(4-6-15)7-8-16/h16H,3-8H2,1-2H3. The Labute approximate surface area is 111 Å². The Balaban J connectivity index is 1.97. The van der Waals surface area contributed by atoms with Gasteiger partial charge in [-0.05, 0) is 13.8 Å². The quantitative estimate of drug-likeness (QED) is 0.868. The minimum atomic E-state index is 0.0988. The van der Waals surface area contributed by atoms with Crippen LogP contribution >= 0.6 is 11.3 Å². The minimum absolute atomic E-state index is 0.0988. The first kappa shape index (κ1) is 13.5. The van der Waals surface area contributed by atoms with Crippen LogP contribution in [0.5, 0.6) is 0 Å². The number of nitrogens with zero attached hydrogens (tertiary/aromatic N) is 3. The third-order valence-electron chi connectivity index (χ3n) is 3.17. The molecule has 1 N–H and O–H groups in total. The van der Waals surface area contributed by atoms with E-state index in [0.717, 1.165) is 41.8 Å². The molecule has 5 nitrogen and oxygen atoms in total. The highest BCUT2D eigenvalue weighted by Gasteiger charge is 2.24. The van der Waals surface area contributed by atoms with Crippen molar-refractivity contribution in [1.82, 2.24) is 14.8 Å². The molecule has 100 valence electrons. The van der Waals surface area contributed by atoms with Gasteiger partial charge in [0.05, 0.1) is 17.3 Å². The first-order chi connectivity index (χ1) is 8.61. The van der Waals surface area contributed by atoms with Crippen LogP contribution in [0, 0.1) is 13.8 Å². The van der Waals surface area contributed by atoms with Crippen LogP contribution in [-0.2, 0) is 0 Å². The van der Waals surface area contributed by atoms with Gasteiger partial charge in [0.2, 0.25) is 0 Å². The van der Waals surface area contributed by atoms with Crippen LogP contribution in [0.3, 0.4) is 0 Å². The van der Waals surface area contributed by atoms with Gasteiger partial charge in [0, 0.05) is 32.7 Å². The SMILES string of the molecule is Cc1nc(C)c(C(=O)N2CCN(CCO)CC2)s1. The van der Waals surface area contributed by atoms with Gasteiger partial charge in [-0.25, -0.2) is 4.98 Å². The van der Waals surface area contributed by atoms with E-state index < -0.39 is 0 Å². The molecular formula is C12H19N3O2S. The molecule has 1 aromatic rings. The number of hydrogen-bond acceptors (Lipinski definition) is 5. The zero-order chi connectivity index (χ0) is 13.1. The molecule has 0 radical (unpaired) electrons. The molecule has 2 rings (SSSR count). The van der Waals surface area contributed by atoms with E-state index in [4.69, 9.17) is 5.11 Å². The normalized spacial score (nSPS) is 17.2. The second-order valence-corrected chi connectivity index (χ2v) is 5.71. The van der Waals surface area contributed by atoms with Crippen molar-refractivity contribution in [3.8, 4) is 0 Å². The Morgan fingerprint density at radius 1 is 1.33 bits per heavy atom. The molecule has 1 amide bonds. The Bertz CT molecular complexity index is 425. The summed E-state index contributed by atoms with van der Waals surface area (Å²) in [5, 5.41) is 9.82.